The Labute approximate surface area is 176 Å². The third-order valence-electron chi connectivity index (χ3n) is 5.87. The second-order valence-corrected chi connectivity index (χ2v) is 8.57. The van der Waals surface area contributed by atoms with Crippen molar-refractivity contribution >= 4 is 0 Å². The Hall–Kier alpha value is -1.11. The Morgan fingerprint density at radius 3 is 1.54 bits per heavy atom. The number of pyridine rings is 1. The van der Waals surface area contributed by atoms with Crippen LogP contribution in [0.25, 0.3) is 0 Å². The van der Waals surface area contributed by atoms with Crippen LogP contribution in [0.2, 0.25) is 0 Å². The fourth-order valence-electron chi connectivity index (χ4n) is 3.92. The van der Waals surface area contributed by atoms with Crippen LogP contribution in [-0.2, 0) is 13.0 Å². The second kappa shape index (κ2) is 19.2. The zero-order valence-corrected chi connectivity index (χ0v) is 19.0. The maximum atomic E-state index is 3.79. The van der Waals surface area contributed by atoms with Crippen LogP contribution >= 0.6 is 0 Å². The topological polar surface area (TPSA) is 3.88 Å². The Morgan fingerprint density at radius 2 is 1.11 bits per heavy atom. The van der Waals surface area contributed by atoms with Crippen LogP contribution in [0.3, 0.4) is 0 Å². The molecule has 0 saturated heterocycles. The highest BCUT2D eigenvalue weighted by molar-refractivity contribution is 5.07. The molecule has 28 heavy (non-hydrogen) atoms. The van der Waals surface area contributed by atoms with E-state index < -0.39 is 0 Å². The van der Waals surface area contributed by atoms with Crippen molar-refractivity contribution in [1.82, 2.24) is 0 Å². The van der Waals surface area contributed by atoms with Crippen LogP contribution in [0.1, 0.15) is 122 Å². The quantitative estimate of drug-likeness (QED) is 0.120. The number of rotatable bonds is 20. The monoisotopic (exact) mass is 386 g/mol. The molecule has 0 unspecified atom stereocenters. The lowest BCUT2D eigenvalue weighted by Crippen LogP contribution is -2.32. The van der Waals surface area contributed by atoms with Gasteiger partial charge in [0.1, 0.15) is 6.54 Å². The van der Waals surface area contributed by atoms with E-state index in [4.69, 9.17) is 0 Å². The van der Waals surface area contributed by atoms with Gasteiger partial charge in [0.05, 0.1) is 0 Å². The van der Waals surface area contributed by atoms with Crippen molar-refractivity contribution in [3.8, 4) is 0 Å². The number of aryl methyl sites for hydroxylation is 2. The van der Waals surface area contributed by atoms with E-state index in [1.165, 1.54) is 115 Å². The first-order valence-electron chi connectivity index (χ1n) is 12.5. The standard InChI is InChI=1S/C27H48N/c1-3-5-7-8-9-10-11-12-13-14-15-16-17-18-19-20-24-28-25-22-27(23-26-28)21-6-4-2/h4,22-23,25-26H,2-3,5-21,24H2,1H3/q+1. The van der Waals surface area contributed by atoms with E-state index in [2.05, 4.69) is 42.6 Å². The van der Waals surface area contributed by atoms with E-state index in [1.807, 2.05) is 6.08 Å². The highest BCUT2D eigenvalue weighted by Gasteiger charge is 2.01. The van der Waals surface area contributed by atoms with E-state index in [9.17, 15) is 0 Å². The summed E-state index contributed by atoms with van der Waals surface area (Å²) in [5, 5.41) is 0. The number of allylic oxidation sites excluding steroid dienone is 1. The fraction of sp³-hybridized carbons (Fsp3) is 0.741. The van der Waals surface area contributed by atoms with Crippen LogP contribution in [0.15, 0.2) is 37.2 Å². The van der Waals surface area contributed by atoms with Crippen molar-refractivity contribution < 1.29 is 4.57 Å². The lowest BCUT2D eigenvalue weighted by Gasteiger charge is -2.03. The summed E-state index contributed by atoms with van der Waals surface area (Å²) in [6.45, 7) is 7.26. The Bertz CT molecular complexity index is 448. The highest BCUT2D eigenvalue weighted by Crippen LogP contribution is 2.13. The minimum absolute atomic E-state index is 1.07. The Balaban J connectivity index is 1.81. The minimum Gasteiger partial charge on any atom is -0.205 e. The van der Waals surface area contributed by atoms with Crippen molar-refractivity contribution in [3.05, 3.63) is 42.7 Å². The molecule has 1 aromatic heterocycles. The molecule has 0 atom stereocenters. The molecule has 0 saturated carbocycles. The summed E-state index contributed by atoms with van der Waals surface area (Å²) in [6.07, 6.45) is 31.6. The largest absolute Gasteiger partial charge is 0.205 e. The van der Waals surface area contributed by atoms with E-state index in [0.29, 0.717) is 0 Å². The van der Waals surface area contributed by atoms with Crippen LogP contribution in [0.4, 0.5) is 0 Å². The molecule has 1 aromatic rings. The van der Waals surface area contributed by atoms with Crippen LogP contribution < -0.4 is 4.57 Å². The summed E-state index contributed by atoms with van der Waals surface area (Å²) >= 11 is 0. The Kier molecular flexibility index (Phi) is 17.1. The molecule has 1 heterocycles. The number of unbranched alkanes of at least 4 members (excludes halogenated alkanes) is 15. The molecule has 1 heteroatoms. The molecule has 0 radical (unpaired) electrons. The second-order valence-electron chi connectivity index (χ2n) is 8.57. The predicted molar refractivity (Wildman–Crippen MR) is 125 cm³/mol. The third-order valence-corrected chi connectivity index (χ3v) is 5.87. The molecule has 0 amide bonds. The van der Waals surface area contributed by atoms with Gasteiger partial charge in [0.25, 0.3) is 0 Å². The summed E-state index contributed by atoms with van der Waals surface area (Å²) in [6, 6.07) is 4.52. The molecule has 0 N–H and O–H groups in total. The Morgan fingerprint density at radius 1 is 0.679 bits per heavy atom. The third kappa shape index (κ3) is 14.9. The van der Waals surface area contributed by atoms with Gasteiger partial charge in [-0.3, -0.25) is 0 Å². The van der Waals surface area contributed by atoms with Gasteiger partial charge in [-0.15, -0.1) is 6.58 Å². The van der Waals surface area contributed by atoms with Gasteiger partial charge in [-0.25, -0.2) is 4.57 Å². The van der Waals surface area contributed by atoms with E-state index in [0.717, 1.165) is 12.8 Å². The van der Waals surface area contributed by atoms with Crippen LogP contribution in [-0.4, -0.2) is 0 Å². The first kappa shape index (κ1) is 24.9. The molecule has 0 fully saturated rings. The maximum absolute atomic E-state index is 3.79. The number of hydrogen-bond acceptors (Lipinski definition) is 0. The minimum atomic E-state index is 1.07. The zero-order valence-electron chi connectivity index (χ0n) is 19.0. The predicted octanol–water partition coefficient (Wildman–Crippen LogP) is 8.35. The van der Waals surface area contributed by atoms with Crippen molar-refractivity contribution in [2.45, 2.75) is 129 Å². The van der Waals surface area contributed by atoms with Gasteiger partial charge in [-0.05, 0) is 24.8 Å². The molecule has 0 bridgehead atoms. The molecular weight excluding hydrogens is 338 g/mol. The van der Waals surface area contributed by atoms with E-state index in [-0.39, 0.29) is 0 Å². The zero-order chi connectivity index (χ0) is 20.1. The van der Waals surface area contributed by atoms with E-state index >= 15 is 0 Å². The van der Waals surface area contributed by atoms with Crippen molar-refractivity contribution in [2.24, 2.45) is 0 Å². The van der Waals surface area contributed by atoms with Gasteiger partial charge in [-0.1, -0.05) is 103 Å². The highest BCUT2D eigenvalue weighted by atomic mass is 14.9. The molecular formula is C27H48N+. The summed E-state index contributed by atoms with van der Waals surface area (Å²) in [5.41, 5.74) is 1.42. The number of aromatic nitrogens is 1. The van der Waals surface area contributed by atoms with Crippen LogP contribution in [0.5, 0.6) is 0 Å². The van der Waals surface area contributed by atoms with Gasteiger partial charge in [-0.2, -0.15) is 0 Å². The molecule has 0 aromatic carbocycles. The molecule has 0 spiro atoms. The summed E-state index contributed by atoms with van der Waals surface area (Å²) < 4.78 is 2.33. The SMILES string of the molecule is C=CCCc1cc[n+](CCCCCCCCCCCCCCCCCC)cc1. The van der Waals surface area contributed by atoms with Gasteiger partial charge in [0, 0.05) is 18.6 Å². The molecule has 1 rings (SSSR count). The lowest BCUT2D eigenvalue weighted by atomic mass is 10.0. The molecule has 0 aliphatic heterocycles. The first-order valence-corrected chi connectivity index (χ1v) is 12.5. The van der Waals surface area contributed by atoms with Crippen molar-refractivity contribution in [1.29, 1.82) is 0 Å². The van der Waals surface area contributed by atoms with E-state index in [1.54, 1.807) is 0 Å². The number of hydrogen-bond donors (Lipinski definition) is 0. The molecule has 1 nitrogen and oxygen atoms in total. The lowest BCUT2D eigenvalue weighted by molar-refractivity contribution is -0.697. The van der Waals surface area contributed by atoms with Gasteiger partial charge < -0.3 is 0 Å². The average molecular weight is 387 g/mol. The maximum Gasteiger partial charge on any atom is 0.169 e. The smallest absolute Gasteiger partial charge is 0.169 e. The van der Waals surface area contributed by atoms with Crippen molar-refractivity contribution in [3.63, 3.8) is 0 Å². The number of nitrogens with zero attached hydrogens (tertiary/aromatic N) is 1. The fourth-order valence-corrected chi connectivity index (χ4v) is 3.92. The normalized spacial score (nSPS) is 11.0. The molecule has 0 aliphatic rings. The van der Waals surface area contributed by atoms with Gasteiger partial charge in [0.15, 0.2) is 12.4 Å². The summed E-state index contributed by atoms with van der Waals surface area (Å²) in [4.78, 5) is 0. The van der Waals surface area contributed by atoms with Crippen LogP contribution in [0, 0.1) is 0 Å². The average Bonchev–Trinajstić information content (AvgIpc) is 2.73. The molecule has 0 aliphatic carbocycles. The first-order chi connectivity index (χ1) is 13.9. The van der Waals surface area contributed by atoms with Gasteiger partial charge >= 0.3 is 0 Å². The summed E-state index contributed by atoms with van der Waals surface area (Å²) in [7, 11) is 0. The molecule has 160 valence electrons. The summed E-state index contributed by atoms with van der Waals surface area (Å²) in [5.74, 6) is 0. The van der Waals surface area contributed by atoms with Gasteiger partial charge in [0.2, 0.25) is 0 Å². The van der Waals surface area contributed by atoms with Crippen molar-refractivity contribution in [2.75, 3.05) is 0 Å².